The van der Waals surface area contributed by atoms with Crippen LogP contribution in [0.4, 0.5) is 10.7 Å². The van der Waals surface area contributed by atoms with E-state index in [1.54, 1.807) is 7.05 Å². The average molecular weight is 299 g/mol. The number of carbonyl (C=O) groups is 1. The number of nitrogens with two attached hydrogens (primary N) is 1. The Bertz CT molecular complexity index is 481. The predicted molar refractivity (Wildman–Crippen MR) is 80.9 cm³/mol. The summed E-state index contributed by atoms with van der Waals surface area (Å²) in [5, 5.41) is 3.53. The monoisotopic (exact) mass is 299 g/mol. The van der Waals surface area contributed by atoms with Crippen molar-refractivity contribution in [2.75, 3.05) is 44.0 Å². The lowest BCUT2D eigenvalue weighted by Gasteiger charge is -2.28. The zero-order valence-electron chi connectivity index (χ0n) is 12.1. The number of nitrogen functional groups attached to an aromatic ring is 1. The fraction of sp³-hybridized carbons (Fsp3) is 0.615. The maximum Gasteiger partial charge on any atom is 0.263 e. The van der Waals surface area contributed by atoms with Crippen LogP contribution in [0.15, 0.2) is 0 Å². The van der Waals surface area contributed by atoms with Gasteiger partial charge in [0.2, 0.25) is 0 Å². The molecule has 1 fully saturated rings. The third-order valence-corrected chi connectivity index (χ3v) is 4.21. The van der Waals surface area contributed by atoms with Gasteiger partial charge in [0, 0.05) is 20.1 Å². The number of rotatable bonds is 4. The molecular formula is C13H21N3O3S. The van der Waals surface area contributed by atoms with Crippen molar-refractivity contribution in [2.24, 2.45) is 0 Å². The summed E-state index contributed by atoms with van der Waals surface area (Å²) in [5.74, 6) is 0.436. The van der Waals surface area contributed by atoms with Gasteiger partial charge >= 0.3 is 0 Å². The minimum Gasteiger partial charge on any atom is -0.486 e. The smallest absolute Gasteiger partial charge is 0.263 e. The van der Waals surface area contributed by atoms with Gasteiger partial charge in [-0.15, -0.1) is 11.3 Å². The van der Waals surface area contributed by atoms with E-state index in [4.69, 9.17) is 15.2 Å². The molecule has 1 saturated heterocycles. The first kappa shape index (κ1) is 14.9. The molecule has 7 heteroatoms. The zero-order valence-corrected chi connectivity index (χ0v) is 12.9. The molecule has 112 valence electrons. The molecule has 0 saturated carbocycles. The number of hydrogen-bond donors (Lipinski definition) is 2. The molecule has 1 aromatic heterocycles. The van der Waals surface area contributed by atoms with Crippen LogP contribution in [-0.2, 0) is 4.74 Å². The van der Waals surface area contributed by atoms with Crippen LogP contribution in [0.5, 0.6) is 5.75 Å². The van der Waals surface area contributed by atoms with Crippen molar-refractivity contribution in [2.45, 2.75) is 20.0 Å². The molecule has 0 spiro atoms. The fourth-order valence-corrected chi connectivity index (χ4v) is 3.18. The fourth-order valence-electron chi connectivity index (χ4n) is 2.02. The highest BCUT2D eigenvalue weighted by molar-refractivity contribution is 7.19. The number of nitrogens with zero attached hydrogens (tertiary/aromatic N) is 1. The van der Waals surface area contributed by atoms with Crippen LogP contribution in [-0.4, -0.2) is 45.4 Å². The topological polar surface area (TPSA) is 76.8 Å². The van der Waals surface area contributed by atoms with Crippen LogP contribution in [0.2, 0.25) is 0 Å². The molecule has 1 amide bonds. The Labute approximate surface area is 122 Å². The Morgan fingerprint density at radius 1 is 1.45 bits per heavy atom. The van der Waals surface area contributed by atoms with Gasteiger partial charge in [0.25, 0.3) is 5.91 Å². The minimum absolute atomic E-state index is 0.00392. The first-order chi connectivity index (χ1) is 9.54. The summed E-state index contributed by atoms with van der Waals surface area (Å²) in [5.41, 5.74) is 6.52. The molecule has 0 aromatic carbocycles. The van der Waals surface area contributed by atoms with Gasteiger partial charge < -0.3 is 25.4 Å². The second kappa shape index (κ2) is 6.32. The van der Waals surface area contributed by atoms with Gasteiger partial charge in [0.1, 0.15) is 15.6 Å². The molecule has 0 unspecified atom stereocenters. The maximum atomic E-state index is 11.9. The van der Waals surface area contributed by atoms with Crippen molar-refractivity contribution in [3.63, 3.8) is 0 Å². The molecule has 0 atom stereocenters. The van der Waals surface area contributed by atoms with E-state index in [0.29, 0.717) is 29.5 Å². The van der Waals surface area contributed by atoms with Crippen LogP contribution in [0, 0.1) is 0 Å². The molecule has 0 aliphatic carbocycles. The van der Waals surface area contributed by atoms with Crippen molar-refractivity contribution >= 4 is 27.9 Å². The Kier molecular flexibility index (Phi) is 4.72. The summed E-state index contributed by atoms with van der Waals surface area (Å²) in [6.45, 7) is 6.80. The predicted octanol–water partition coefficient (Wildman–Crippen LogP) is 1.31. The van der Waals surface area contributed by atoms with Crippen LogP contribution < -0.4 is 20.7 Å². The Hall–Kier alpha value is -1.47. The number of morpholine rings is 1. The van der Waals surface area contributed by atoms with Gasteiger partial charge in [-0.1, -0.05) is 0 Å². The summed E-state index contributed by atoms with van der Waals surface area (Å²) < 4.78 is 11.2. The van der Waals surface area contributed by atoms with E-state index in [2.05, 4.69) is 10.2 Å². The second-order valence-corrected chi connectivity index (χ2v) is 5.82. The minimum atomic E-state index is -0.180. The van der Waals surface area contributed by atoms with Crippen molar-refractivity contribution in [1.29, 1.82) is 0 Å². The van der Waals surface area contributed by atoms with E-state index >= 15 is 0 Å². The maximum absolute atomic E-state index is 11.9. The largest absolute Gasteiger partial charge is 0.486 e. The van der Waals surface area contributed by atoms with E-state index < -0.39 is 0 Å². The van der Waals surface area contributed by atoms with E-state index in [1.807, 2.05) is 13.8 Å². The lowest BCUT2D eigenvalue weighted by molar-refractivity contribution is 0.0967. The molecule has 2 heterocycles. The zero-order chi connectivity index (χ0) is 14.7. The van der Waals surface area contributed by atoms with E-state index in [9.17, 15) is 4.79 Å². The quantitative estimate of drug-likeness (QED) is 0.876. The lowest BCUT2D eigenvalue weighted by Crippen LogP contribution is -2.36. The number of carbonyl (C=O) groups excluding carboxylic acids is 1. The lowest BCUT2D eigenvalue weighted by atomic mass is 10.3. The number of ether oxygens (including phenoxy) is 2. The molecule has 2 rings (SSSR count). The highest BCUT2D eigenvalue weighted by Crippen LogP contribution is 2.45. The standard InChI is InChI=1S/C13H21N3O3S/c1-8(2)19-10-9(14)11(12(17)15-3)20-13(10)16-4-6-18-7-5-16/h8H,4-7,14H2,1-3H3,(H,15,17). The molecule has 0 radical (unpaired) electrons. The molecule has 0 bridgehead atoms. The van der Waals surface area contributed by atoms with Crippen molar-refractivity contribution in [3.05, 3.63) is 4.88 Å². The molecule has 1 aliphatic heterocycles. The number of hydrogen-bond acceptors (Lipinski definition) is 6. The SMILES string of the molecule is CNC(=O)c1sc(N2CCOCC2)c(OC(C)C)c1N. The Balaban J connectivity index is 2.39. The summed E-state index contributed by atoms with van der Waals surface area (Å²) in [7, 11) is 1.60. The third kappa shape index (κ3) is 2.99. The van der Waals surface area contributed by atoms with Gasteiger partial charge in [-0.2, -0.15) is 0 Å². The Morgan fingerprint density at radius 2 is 2.10 bits per heavy atom. The number of thiophene rings is 1. The van der Waals surface area contributed by atoms with Gasteiger partial charge in [0.05, 0.1) is 19.3 Å². The molecule has 1 aromatic rings. The van der Waals surface area contributed by atoms with Crippen LogP contribution in [0.25, 0.3) is 0 Å². The number of amides is 1. The number of nitrogens with one attached hydrogen (secondary N) is 1. The Morgan fingerprint density at radius 3 is 2.65 bits per heavy atom. The summed E-state index contributed by atoms with van der Waals surface area (Å²) in [6.07, 6.45) is 0.00392. The highest BCUT2D eigenvalue weighted by Gasteiger charge is 2.26. The van der Waals surface area contributed by atoms with Gasteiger partial charge in [-0.25, -0.2) is 0 Å². The summed E-state index contributed by atoms with van der Waals surface area (Å²) in [6, 6.07) is 0. The molecule has 3 N–H and O–H groups in total. The van der Waals surface area contributed by atoms with Crippen LogP contribution in [0.3, 0.4) is 0 Å². The van der Waals surface area contributed by atoms with Gasteiger partial charge in [0.15, 0.2) is 5.75 Å². The first-order valence-electron chi connectivity index (χ1n) is 6.68. The molecular weight excluding hydrogens is 278 g/mol. The van der Waals surface area contributed by atoms with Gasteiger partial charge in [-0.3, -0.25) is 4.79 Å². The molecule has 1 aliphatic rings. The van der Waals surface area contributed by atoms with Crippen LogP contribution in [0.1, 0.15) is 23.5 Å². The first-order valence-corrected chi connectivity index (χ1v) is 7.50. The van der Waals surface area contributed by atoms with E-state index in [1.165, 1.54) is 11.3 Å². The van der Waals surface area contributed by atoms with Crippen LogP contribution >= 0.6 is 11.3 Å². The van der Waals surface area contributed by atoms with Crippen molar-refractivity contribution in [1.82, 2.24) is 5.32 Å². The number of anilines is 2. The van der Waals surface area contributed by atoms with E-state index in [0.717, 1.165) is 18.1 Å². The van der Waals surface area contributed by atoms with Gasteiger partial charge in [-0.05, 0) is 13.8 Å². The second-order valence-electron chi connectivity index (χ2n) is 4.82. The highest BCUT2D eigenvalue weighted by atomic mass is 32.1. The summed E-state index contributed by atoms with van der Waals surface area (Å²) >= 11 is 1.38. The average Bonchev–Trinajstić information content (AvgIpc) is 2.76. The molecule has 6 nitrogen and oxygen atoms in total. The van der Waals surface area contributed by atoms with Crippen molar-refractivity contribution < 1.29 is 14.3 Å². The summed E-state index contributed by atoms with van der Waals surface area (Å²) in [4.78, 5) is 14.6. The molecule has 20 heavy (non-hydrogen) atoms. The van der Waals surface area contributed by atoms with Crippen molar-refractivity contribution in [3.8, 4) is 5.75 Å². The third-order valence-electron chi connectivity index (χ3n) is 2.97. The normalized spacial score (nSPS) is 15.5. The van der Waals surface area contributed by atoms with E-state index in [-0.39, 0.29) is 12.0 Å².